The van der Waals surface area contributed by atoms with Crippen molar-refractivity contribution in [1.82, 2.24) is 15.0 Å². The number of aromatic hydroxyl groups is 1. The predicted molar refractivity (Wildman–Crippen MR) is 135 cm³/mol. The van der Waals surface area contributed by atoms with Crippen LogP contribution in [0.5, 0.6) is 5.75 Å². The first-order chi connectivity index (χ1) is 15.4. The van der Waals surface area contributed by atoms with E-state index < -0.39 is 0 Å². The molecular formula is C28H41N3O. The number of benzene rings is 2. The Morgan fingerprint density at radius 3 is 1.81 bits per heavy atom. The fourth-order valence-electron chi connectivity index (χ4n) is 4.50. The number of nitrogens with zero attached hydrogens (tertiary/aromatic N) is 3. The molecule has 0 atom stereocenters. The van der Waals surface area contributed by atoms with Crippen LogP contribution < -0.4 is 0 Å². The molecule has 0 radical (unpaired) electrons. The Morgan fingerprint density at radius 2 is 1.28 bits per heavy atom. The molecule has 0 fully saturated rings. The second kappa shape index (κ2) is 11.5. The lowest BCUT2D eigenvalue weighted by Gasteiger charge is -2.24. The third-order valence-electron chi connectivity index (χ3n) is 6.35. The van der Waals surface area contributed by atoms with Crippen molar-refractivity contribution in [2.24, 2.45) is 0 Å². The molecule has 2 aromatic carbocycles. The molecular weight excluding hydrogens is 394 g/mol. The quantitative estimate of drug-likeness (QED) is 0.294. The second-order valence-electron chi connectivity index (χ2n) is 10.1. The molecule has 0 aliphatic rings. The summed E-state index contributed by atoms with van der Waals surface area (Å²) in [5.74, 6) is 0.327. The Balaban J connectivity index is 1.65. The first kappa shape index (κ1) is 24.3. The van der Waals surface area contributed by atoms with Gasteiger partial charge in [-0.1, -0.05) is 104 Å². The van der Waals surface area contributed by atoms with Crippen LogP contribution in [0.15, 0.2) is 36.4 Å². The van der Waals surface area contributed by atoms with E-state index in [-0.39, 0.29) is 5.41 Å². The Kier molecular flexibility index (Phi) is 8.72. The average molecular weight is 436 g/mol. The van der Waals surface area contributed by atoms with Gasteiger partial charge in [-0.15, -0.1) is 15.0 Å². The zero-order valence-electron chi connectivity index (χ0n) is 20.5. The van der Waals surface area contributed by atoms with E-state index in [9.17, 15) is 5.11 Å². The van der Waals surface area contributed by atoms with E-state index in [2.05, 4.69) is 44.0 Å². The molecule has 174 valence electrons. The van der Waals surface area contributed by atoms with Crippen LogP contribution in [0.1, 0.15) is 103 Å². The van der Waals surface area contributed by atoms with E-state index in [1.807, 2.05) is 30.3 Å². The van der Waals surface area contributed by atoms with Crippen molar-refractivity contribution in [2.75, 3.05) is 0 Å². The van der Waals surface area contributed by atoms with E-state index in [0.717, 1.165) is 29.4 Å². The van der Waals surface area contributed by atoms with Gasteiger partial charge in [-0.3, -0.25) is 0 Å². The molecule has 0 aliphatic carbocycles. The Morgan fingerprint density at radius 1 is 0.750 bits per heavy atom. The van der Waals surface area contributed by atoms with Crippen molar-refractivity contribution in [3.05, 3.63) is 47.5 Å². The van der Waals surface area contributed by atoms with Crippen LogP contribution in [0.3, 0.4) is 0 Å². The fourth-order valence-corrected chi connectivity index (χ4v) is 4.50. The topological polar surface area (TPSA) is 50.9 Å². The van der Waals surface area contributed by atoms with Crippen molar-refractivity contribution in [3.8, 4) is 11.4 Å². The largest absolute Gasteiger partial charge is 0.505 e. The first-order valence-corrected chi connectivity index (χ1v) is 12.6. The monoisotopic (exact) mass is 435 g/mol. The van der Waals surface area contributed by atoms with Crippen LogP contribution in [-0.4, -0.2) is 20.1 Å². The lowest BCUT2D eigenvalue weighted by Crippen LogP contribution is -2.15. The minimum absolute atomic E-state index is 0.0217. The SMILES string of the molecule is CCCCCCCCCCCCc1c(C(C)(C)C)ccc(-n2nc3ccccc3n2)c1O. The molecule has 4 heteroatoms. The van der Waals surface area contributed by atoms with E-state index in [4.69, 9.17) is 0 Å². The van der Waals surface area contributed by atoms with E-state index >= 15 is 0 Å². The summed E-state index contributed by atoms with van der Waals surface area (Å²) in [7, 11) is 0. The van der Waals surface area contributed by atoms with Gasteiger partial charge in [-0.05, 0) is 47.6 Å². The van der Waals surface area contributed by atoms with Gasteiger partial charge in [0.15, 0.2) is 0 Å². The molecule has 0 amide bonds. The molecule has 4 nitrogen and oxygen atoms in total. The van der Waals surface area contributed by atoms with Gasteiger partial charge in [-0.2, -0.15) is 0 Å². The molecule has 0 spiro atoms. The normalized spacial score (nSPS) is 12.0. The maximum Gasteiger partial charge on any atom is 0.146 e. The fraction of sp³-hybridized carbons (Fsp3) is 0.571. The summed E-state index contributed by atoms with van der Waals surface area (Å²) >= 11 is 0. The number of phenolic OH excluding ortho intramolecular Hbond substituents is 1. The van der Waals surface area contributed by atoms with Crippen LogP contribution in [0.4, 0.5) is 0 Å². The number of aromatic nitrogens is 3. The predicted octanol–water partition coefficient (Wildman–Crippen LogP) is 7.89. The van der Waals surface area contributed by atoms with Crippen molar-refractivity contribution < 1.29 is 5.11 Å². The zero-order valence-corrected chi connectivity index (χ0v) is 20.5. The summed E-state index contributed by atoms with van der Waals surface area (Å²) in [6.07, 6.45) is 14.0. The molecule has 1 aromatic heterocycles. The number of phenols is 1. The summed E-state index contributed by atoms with van der Waals surface area (Å²) in [6.45, 7) is 8.91. The van der Waals surface area contributed by atoms with Crippen molar-refractivity contribution in [2.45, 2.75) is 104 Å². The van der Waals surface area contributed by atoms with Crippen LogP contribution in [-0.2, 0) is 11.8 Å². The lowest BCUT2D eigenvalue weighted by atomic mass is 9.81. The standard InChI is InChI=1S/C28H41N3O/c1-5-6-7-8-9-10-11-12-13-14-17-22-23(28(2,3)4)20-21-26(27(22)32)31-29-24-18-15-16-19-25(24)30-31/h15-16,18-21,32H,5-14,17H2,1-4H3. The van der Waals surface area contributed by atoms with E-state index in [1.54, 1.807) is 4.80 Å². The highest BCUT2D eigenvalue weighted by Gasteiger charge is 2.23. The maximum absolute atomic E-state index is 11.3. The van der Waals surface area contributed by atoms with Crippen LogP contribution in [0.25, 0.3) is 16.7 Å². The van der Waals surface area contributed by atoms with Gasteiger partial charge in [-0.25, -0.2) is 0 Å². The Labute approximate surface area is 194 Å². The summed E-state index contributed by atoms with van der Waals surface area (Å²) in [5.41, 5.74) is 4.58. The molecule has 1 N–H and O–H groups in total. The van der Waals surface area contributed by atoms with Gasteiger partial charge in [0.1, 0.15) is 22.5 Å². The third-order valence-corrected chi connectivity index (χ3v) is 6.35. The van der Waals surface area contributed by atoms with Gasteiger partial charge in [0.25, 0.3) is 0 Å². The Hall–Kier alpha value is -2.36. The van der Waals surface area contributed by atoms with Crippen LogP contribution >= 0.6 is 0 Å². The third kappa shape index (κ3) is 6.34. The van der Waals surface area contributed by atoms with Crippen molar-refractivity contribution in [3.63, 3.8) is 0 Å². The second-order valence-corrected chi connectivity index (χ2v) is 10.1. The summed E-state index contributed by atoms with van der Waals surface area (Å²) in [6, 6.07) is 11.9. The van der Waals surface area contributed by atoms with Gasteiger partial charge < -0.3 is 5.11 Å². The smallest absolute Gasteiger partial charge is 0.146 e. The van der Waals surface area contributed by atoms with Gasteiger partial charge in [0.2, 0.25) is 0 Å². The minimum atomic E-state index is -0.0217. The molecule has 3 aromatic rings. The molecule has 1 heterocycles. The molecule has 0 unspecified atom stereocenters. The van der Waals surface area contributed by atoms with Crippen LogP contribution in [0, 0.1) is 0 Å². The summed E-state index contributed by atoms with van der Waals surface area (Å²) in [4.78, 5) is 1.58. The molecule has 0 saturated carbocycles. The molecule has 0 aliphatic heterocycles. The number of hydrogen-bond donors (Lipinski definition) is 1. The molecule has 32 heavy (non-hydrogen) atoms. The number of fused-ring (bicyclic) bond motifs is 1. The van der Waals surface area contributed by atoms with Gasteiger partial charge in [0.05, 0.1) is 0 Å². The number of hydrogen-bond acceptors (Lipinski definition) is 3. The van der Waals surface area contributed by atoms with E-state index in [0.29, 0.717) is 11.4 Å². The maximum atomic E-state index is 11.3. The lowest BCUT2D eigenvalue weighted by molar-refractivity contribution is 0.452. The number of unbranched alkanes of at least 4 members (excludes halogenated alkanes) is 9. The van der Waals surface area contributed by atoms with Gasteiger partial charge in [0, 0.05) is 0 Å². The van der Waals surface area contributed by atoms with Crippen LogP contribution in [0.2, 0.25) is 0 Å². The highest BCUT2D eigenvalue weighted by Crippen LogP contribution is 2.36. The highest BCUT2D eigenvalue weighted by atomic mass is 16.3. The van der Waals surface area contributed by atoms with E-state index in [1.165, 1.54) is 63.4 Å². The summed E-state index contributed by atoms with van der Waals surface area (Å²) < 4.78 is 0. The van der Waals surface area contributed by atoms with Gasteiger partial charge >= 0.3 is 0 Å². The van der Waals surface area contributed by atoms with Crippen molar-refractivity contribution in [1.29, 1.82) is 0 Å². The van der Waals surface area contributed by atoms with Crippen molar-refractivity contribution >= 4 is 11.0 Å². The molecule has 3 rings (SSSR count). The molecule has 0 saturated heterocycles. The Bertz CT molecular complexity index is 951. The first-order valence-electron chi connectivity index (χ1n) is 12.6. The number of rotatable bonds is 12. The highest BCUT2D eigenvalue weighted by molar-refractivity contribution is 5.73. The molecule has 0 bridgehead atoms. The average Bonchev–Trinajstić information content (AvgIpc) is 3.19. The minimum Gasteiger partial charge on any atom is -0.505 e. The summed E-state index contributed by atoms with van der Waals surface area (Å²) in [5, 5.41) is 20.4. The zero-order chi connectivity index (χ0) is 23.0.